The van der Waals surface area contributed by atoms with Gasteiger partial charge in [-0.05, 0) is 26.0 Å². The fourth-order valence-corrected chi connectivity index (χ4v) is 2.22. The zero-order valence-electron chi connectivity index (χ0n) is 10.4. The molecule has 0 unspecified atom stereocenters. The van der Waals surface area contributed by atoms with Crippen LogP contribution in [-0.2, 0) is 13.1 Å². The molecular formula is C12H17ClFN3S. The Kier molecular flexibility index (Phi) is 5.78. The Bertz CT molecular complexity index is 481. The van der Waals surface area contributed by atoms with Crippen molar-refractivity contribution in [1.82, 2.24) is 15.1 Å². The van der Waals surface area contributed by atoms with Gasteiger partial charge in [-0.3, -0.25) is 4.68 Å². The third kappa shape index (κ3) is 4.08. The van der Waals surface area contributed by atoms with E-state index in [2.05, 4.69) is 24.3 Å². The number of aromatic nitrogens is 2. The second-order valence-electron chi connectivity index (χ2n) is 4.23. The maximum Gasteiger partial charge on any atom is 0.176 e. The van der Waals surface area contributed by atoms with Crippen LogP contribution in [0.5, 0.6) is 0 Å². The minimum atomic E-state index is -0.130. The summed E-state index contributed by atoms with van der Waals surface area (Å²) in [6.45, 7) is 5.64. The van der Waals surface area contributed by atoms with Gasteiger partial charge in [0, 0.05) is 35.8 Å². The van der Waals surface area contributed by atoms with Crippen molar-refractivity contribution < 1.29 is 4.39 Å². The average Bonchev–Trinajstić information content (AvgIpc) is 2.88. The van der Waals surface area contributed by atoms with Crippen LogP contribution in [0.15, 0.2) is 24.5 Å². The molecule has 0 fully saturated rings. The number of halogens is 2. The van der Waals surface area contributed by atoms with Crippen molar-refractivity contribution in [2.24, 2.45) is 0 Å². The summed E-state index contributed by atoms with van der Waals surface area (Å²) in [7, 11) is 0. The third-order valence-electron chi connectivity index (χ3n) is 2.44. The van der Waals surface area contributed by atoms with Crippen molar-refractivity contribution in [3.8, 4) is 0 Å². The van der Waals surface area contributed by atoms with Gasteiger partial charge < -0.3 is 5.32 Å². The molecule has 3 nitrogen and oxygen atoms in total. The van der Waals surface area contributed by atoms with E-state index in [0.29, 0.717) is 12.6 Å². The van der Waals surface area contributed by atoms with Gasteiger partial charge in [0.15, 0.2) is 5.13 Å². The van der Waals surface area contributed by atoms with Gasteiger partial charge in [-0.25, -0.2) is 0 Å². The first-order valence-electron chi connectivity index (χ1n) is 5.63. The maximum absolute atomic E-state index is 12.7. The summed E-state index contributed by atoms with van der Waals surface area (Å²) in [5.41, 5.74) is 1.15. The number of hydrogen-bond donors (Lipinski definition) is 1. The lowest BCUT2D eigenvalue weighted by atomic mass is 10.3. The summed E-state index contributed by atoms with van der Waals surface area (Å²) in [5, 5.41) is 7.41. The van der Waals surface area contributed by atoms with E-state index in [1.54, 1.807) is 0 Å². The van der Waals surface area contributed by atoms with Gasteiger partial charge in [0.2, 0.25) is 0 Å². The molecule has 0 radical (unpaired) electrons. The fourth-order valence-electron chi connectivity index (χ4n) is 1.53. The molecule has 100 valence electrons. The van der Waals surface area contributed by atoms with E-state index in [0.717, 1.165) is 17.0 Å². The Hall–Kier alpha value is -0.910. The Morgan fingerprint density at radius 3 is 2.72 bits per heavy atom. The van der Waals surface area contributed by atoms with Gasteiger partial charge in [-0.15, -0.1) is 23.7 Å². The smallest absolute Gasteiger partial charge is 0.176 e. The van der Waals surface area contributed by atoms with E-state index in [1.807, 2.05) is 23.1 Å². The summed E-state index contributed by atoms with van der Waals surface area (Å²) in [5.74, 6) is 0. The topological polar surface area (TPSA) is 29.9 Å². The molecule has 0 amide bonds. The first-order chi connectivity index (χ1) is 8.15. The van der Waals surface area contributed by atoms with Crippen molar-refractivity contribution in [3.63, 3.8) is 0 Å². The average molecular weight is 290 g/mol. The van der Waals surface area contributed by atoms with Crippen LogP contribution in [0.3, 0.4) is 0 Å². The van der Waals surface area contributed by atoms with E-state index in [-0.39, 0.29) is 17.5 Å². The molecule has 0 saturated carbocycles. The van der Waals surface area contributed by atoms with E-state index in [1.165, 1.54) is 17.4 Å². The predicted molar refractivity (Wildman–Crippen MR) is 74.7 cm³/mol. The molecule has 2 rings (SSSR count). The highest BCUT2D eigenvalue weighted by Crippen LogP contribution is 2.14. The Labute approximate surface area is 116 Å². The number of hydrogen-bond acceptors (Lipinski definition) is 3. The second kappa shape index (κ2) is 6.87. The van der Waals surface area contributed by atoms with Crippen molar-refractivity contribution in [2.45, 2.75) is 33.0 Å². The van der Waals surface area contributed by atoms with Crippen molar-refractivity contribution in [3.05, 3.63) is 40.1 Å². The van der Waals surface area contributed by atoms with Gasteiger partial charge >= 0.3 is 0 Å². The van der Waals surface area contributed by atoms with E-state index >= 15 is 0 Å². The predicted octanol–water partition coefficient (Wildman–Crippen LogP) is 3.38. The lowest BCUT2D eigenvalue weighted by Crippen LogP contribution is -2.11. The highest BCUT2D eigenvalue weighted by atomic mass is 35.5. The summed E-state index contributed by atoms with van der Waals surface area (Å²) >= 11 is 1.18. The van der Waals surface area contributed by atoms with Crippen LogP contribution < -0.4 is 5.32 Å². The summed E-state index contributed by atoms with van der Waals surface area (Å²) in [4.78, 5) is 1.01. The molecular weight excluding hydrogens is 273 g/mol. The third-order valence-corrected chi connectivity index (χ3v) is 3.31. The zero-order chi connectivity index (χ0) is 12.3. The minimum Gasteiger partial charge on any atom is -0.308 e. The number of thiophene rings is 1. The molecule has 0 aliphatic carbocycles. The molecule has 0 spiro atoms. The van der Waals surface area contributed by atoms with Gasteiger partial charge in [-0.1, -0.05) is 0 Å². The lowest BCUT2D eigenvalue weighted by Gasteiger charge is -2.03. The SMILES string of the molecule is CC(C)n1cc(CNCc2ccc(F)s2)cn1.Cl. The van der Waals surface area contributed by atoms with Crippen LogP contribution in [0.2, 0.25) is 0 Å². The normalized spacial score (nSPS) is 10.7. The molecule has 2 heterocycles. The second-order valence-corrected chi connectivity index (χ2v) is 5.35. The molecule has 2 aromatic heterocycles. The van der Waals surface area contributed by atoms with E-state index in [9.17, 15) is 4.39 Å². The van der Waals surface area contributed by atoms with Crippen LogP contribution in [-0.4, -0.2) is 9.78 Å². The minimum absolute atomic E-state index is 0. The maximum atomic E-state index is 12.7. The van der Waals surface area contributed by atoms with E-state index < -0.39 is 0 Å². The molecule has 6 heteroatoms. The highest BCUT2D eigenvalue weighted by Gasteiger charge is 2.02. The van der Waals surface area contributed by atoms with Gasteiger partial charge in [-0.2, -0.15) is 9.49 Å². The van der Waals surface area contributed by atoms with Gasteiger partial charge in [0.25, 0.3) is 0 Å². The van der Waals surface area contributed by atoms with Crippen molar-refractivity contribution >= 4 is 23.7 Å². The quantitative estimate of drug-likeness (QED) is 0.914. The number of rotatable bonds is 5. The summed E-state index contributed by atoms with van der Waals surface area (Å²) in [6.07, 6.45) is 3.90. The Morgan fingerprint density at radius 2 is 2.17 bits per heavy atom. The van der Waals surface area contributed by atoms with Crippen LogP contribution >= 0.6 is 23.7 Å². The molecule has 18 heavy (non-hydrogen) atoms. The Morgan fingerprint density at radius 1 is 1.39 bits per heavy atom. The molecule has 0 atom stereocenters. The zero-order valence-corrected chi connectivity index (χ0v) is 12.0. The van der Waals surface area contributed by atoms with Gasteiger partial charge in [0.05, 0.1) is 6.20 Å². The van der Waals surface area contributed by atoms with Crippen LogP contribution in [0.4, 0.5) is 4.39 Å². The molecule has 0 aliphatic heterocycles. The lowest BCUT2D eigenvalue weighted by molar-refractivity contribution is 0.531. The largest absolute Gasteiger partial charge is 0.308 e. The molecule has 0 aromatic carbocycles. The van der Waals surface area contributed by atoms with Crippen molar-refractivity contribution in [2.75, 3.05) is 0 Å². The number of nitrogens with one attached hydrogen (secondary N) is 1. The van der Waals surface area contributed by atoms with Crippen molar-refractivity contribution in [1.29, 1.82) is 0 Å². The summed E-state index contributed by atoms with van der Waals surface area (Å²) in [6, 6.07) is 3.69. The first-order valence-corrected chi connectivity index (χ1v) is 6.45. The monoisotopic (exact) mass is 289 g/mol. The van der Waals surface area contributed by atoms with Crippen LogP contribution in [0.1, 0.15) is 30.3 Å². The molecule has 0 aliphatic rings. The molecule has 0 saturated heterocycles. The van der Waals surface area contributed by atoms with Crippen LogP contribution in [0, 0.1) is 5.13 Å². The Balaban J connectivity index is 0.00000162. The molecule has 1 N–H and O–H groups in total. The molecule has 2 aromatic rings. The summed E-state index contributed by atoms with van der Waals surface area (Å²) < 4.78 is 14.7. The fraction of sp³-hybridized carbons (Fsp3) is 0.417. The highest BCUT2D eigenvalue weighted by molar-refractivity contribution is 7.10. The van der Waals surface area contributed by atoms with E-state index in [4.69, 9.17) is 0 Å². The first kappa shape index (κ1) is 15.1. The standard InChI is InChI=1S/C12H16FN3S.ClH/c1-9(2)16-8-10(6-15-16)5-14-7-11-3-4-12(13)17-11;/h3-4,6,8-9,14H,5,7H2,1-2H3;1H. The van der Waals surface area contributed by atoms with Crippen LogP contribution in [0.25, 0.3) is 0 Å². The number of nitrogens with zero attached hydrogens (tertiary/aromatic N) is 2. The van der Waals surface area contributed by atoms with Gasteiger partial charge in [0.1, 0.15) is 0 Å². The molecule has 0 bridgehead atoms.